The molecule has 0 atom stereocenters. The van der Waals surface area contributed by atoms with Gasteiger partial charge in [0, 0.05) is 11.4 Å². The molecule has 0 aliphatic heterocycles. The first-order valence-electron chi connectivity index (χ1n) is 18.6. The molecular formula is C36H30ClN13O14S4. The van der Waals surface area contributed by atoms with Gasteiger partial charge < -0.3 is 16.4 Å². The molecule has 354 valence electrons. The molecule has 0 amide bonds. The van der Waals surface area contributed by atoms with Crippen LogP contribution in [0.3, 0.4) is 0 Å². The average Bonchev–Trinajstić information content (AvgIpc) is 3.65. The maximum atomic E-state index is 13.6. The van der Waals surface area contributed by atoms with Crippen LogP contribution in [0.25, 0.3) is 0 Å². The molecule has 0 aliphatic rings. The number of para-hydroxylation sites is 1. The number of hydrogen-bond donors (Lipinski definition) is 7. The van der Waals surface area contributed by atoms with Gasteiger partial charge in [0.1, 0.15) is 15.5 Å². The lowest BCUT2D eigenvalue weighted by Crippen LogP contribution is -2.16. The van der Waals surface area contributed by atoms with Crippen LogP contribution in [0, 0.1) is 6.92 Å². The van der Waals surface area contributed by atoms with E-state index in [2.05, 4.69) is 55.2 Å². The molecule has 0 unspecified atom stereocenters. The van der Waals surface area contributed by atoms with Crippen molar-refractivity contribution in [3.63, 3.8) is 0 Å². The molecule has 27 nitrogen and oxygen atoms in total. The number of fused-ring (bicyclic) bond motifs is 1. The number of halogens is 1. The number of sulfone groups is 1. The maximum Gasteiger partial charge on any atom is 0.397 e. The van der Waals surface area contributed by atoms with Gasteiger partial charge >= 0.3 is 21.5 Å². The Labute approximate surface area is 387 Å². The summed E-state index contributed by atoms with van der Waals surface area (Å²) in [4.78, 5) is 40.5. The van der Waals surface area contributed by atoms with Gasteiger partial charge in [-0.1, -0.05) is 18.2 Å². The number of nitrogens with zero attached hydrogens (tertiary/aromatic N) is 9. The van der Waals surface area contributed by atoms with Crippen LogP contribution in [0.15, 0.2) is 141 Å². The van der Waals surface area contributed by atoms with Gasteiger partial charge in [-0.3, -0.25) is 28.2 Å². The summed E-state index contributed by atoms with van der Waals surface area (Å²) in [5.74, 6) is -1.50. The monoisotopic (exact) mass is 1030 g/mol. The zero-order valence-corrected chi connectivity index (χ0v) is 38.0. The smallest absolute Gasteiger partial charge is 0.382 e. The zero-order chi connectivity index (χ0) is 49.3. The third-order valence-corrected chi connectivity index (χ3v) is 13.2. The Morgan fingerprint density at radius 3 is 2.00 bits per heavy atom. The summed E-state index contributed by atoms with van der Waals surface area (Å²) in [7, 11) is -18.6. The number of H-pyrrole nitrogens is 1. The van der Waals surface area contributed by atoms with Crippen molar-refractivity contribution in [1.29, 1.82) is 0 Å². The molecule has 3 heterocycles. The highest BCUT2D eigenvalue weighted by Gasteiger charge is 2.25. The lowest BCUT2D eigenvalue weighted by molar-refractivity contribution is 0.284. The minimum absolute atomic E-state index is 0.0137. The number of hydrogen-bond acceptors (Lipinski definition) is 21. The molecule has 8 N–H and O–H groups in total. The molecule has 0 bridgehead atoms. The van der Waals surface area contributed by atoms with Crippen molar-refractivity contribution in [3.8, 4) is 0 Å². The second-order valence-corrected chi connectivity index (χ2v) is 20.0. The lowest BCUT2D eigenvalue weighted by Gasteiger charge is -2.10. The second-order valence-electron chi connectivity index (χ2n) is 13.7. The summed E-state index contributed by atoms with van der Waals surface area (Å²) in [6.45, 7) is 0.486. The molecule has 3 aromatic heterocycles. The van der Waals surface area contributed by atoms with Gasteiger partial charge in [0.15, 0.2) is 27.0 Å². The van der Waals surface area contributed by atoms with Crippen molar-refractivity contribution in [2.45, 2.75) is 21.6 Å². The fourth-order valence-corrected chi connectivity index (χ4v) is 8.99. The van der Waals surface area contributed by atoms with Gasteiger partial charge in [-0.05, 0) is 91.3 Å². The predicted octanol–water partition coefficient (Wildman–Crippen LogP) is 4.50. The molecule has 0 saturated carbocycles. The van der Waals surface area contributed by atoms with Crippen LogP contribution in [0.1, 0.15) is 5.69 Å². The van der Waals surface area contributed by atoms with E-state index in [1.165, 1.54) is 43.3 Å². The summed E-state index contributed by atoms with van der Waals surface area (Å²) >= 11 is 6.15. The van der Waals surface area contributed by atoms with Crippen LogP contribution in [0.4, 0.5) is 57.3 Å². The third kappa shape index (κ3) is 11.1. The normalized spacial score (nSPS) is 13.0. The summed E-state index contributed by atoms with van der Waals surface area (Å²) in [5.41, 5.74) is 2.85. The Balaban J connectivity index is 1.15. The van der Waals surface area contributed by atoms with E-state index >= 15 is 0 Å². The fourth-order valence-electron chi connectivity index (χ4n) is 6.07. The number of aromatic amines is 1. The molecule has 7 rings (SSSR count). The molecular weight excluding hydrogens is 1000 g/mol. The van der Waals surface area contributed by atoms with Gasteiger partial charge in [0.25, 0.3) is 20.2 Å². The molecule has 0 saturated heterocycles. The van der Waals surface area contributed by atoms with Crippen LogP contribution >= 0.6 is 11.6 Å². The molecule has 32 heteroatoms. The van der Waals surface area contributed by atoms with Crippen LogP contribution in [-0.2, 0) is 44.7 Å². The average molecular weight is 1030 g/mol. The highest BCUT2D eigenvalue weighted by Crippen LogP contribution is 2.33. The quantitative estimate of drug-likeness (QED) is 0.0517. The Morgan fingerprint density at radius 2 is 1.35 bits per heavy atom. The number of aryl methyl sites for hydroxylation is 1. The zero-order valence-electron chi connectivity index (χ0n) is 34.0. The summed E-state index contributed by atoms with van der Waals surface area (Å²) < 4.78 is 130. The van der Waals surface area contributed by atoms with E-state index in [-0.39, 0.29) is 50.2 Å². The van der Waals surface area contributed by atoms with Crippen LogP contribution < -0.4 is 33.1 Å². The molecule has 0 spiro atoms. The Bertz CT molecular complexity index is 3850. The largest absolute Gasteiger partial charge is 0.397 e. The SMILES string of the molecule is Cc1c(N=Nc2ccc(Nc3ccccc3)c(S(=O)(=O)O)c2)c(=O)n2c(N)c(N=Nc3cc(N=c4nc(Nc5ccc(S(=O)(=O)CCOS(=O)(=O)O)cc5)nc(Cl)[nH]4)ccc3S(=O)(=O)O)c(=O)n12. The summed E-state index contributed by atoms with van der Waals surface area (Å²) in [6.07, 6.45) is 0. The van der Waals surface area contributed by atoms with E-state index in [1.54, 1.807) is 30.3 Å². The minimum Gasteiger partial charge on any atom is -0.382 e. The van der Waals surface area contributed by atoms with Crippen LogP contribution in [-0.4, -0.2) is 83.7 Å². The van der Waals surface area contributed by atoms with E-state index in [1.807, 2.05) is 0 Å². The summed E-state index contributed by atoms with van der Waals surface area (Å²) in [6, 6.07) is 20.2. The van der Waals surface area contributed by atoms with E-state index in [0.717, 1.165) is 28.8 Å². The molecule has 0 fully saturated rings. The number of nitrogen functional groups attached to an aromatic ring is 1. The third-order valence-electron chi connectivity index (χ3n) is 9.08. The van der Waals surface area contributed by atoms with E-state index < -0.39 is 96.6 Å². The fraction of sp³-hybridized carbons (Fsp3) is 0.0833. The number of aromatic nitrogens is 5. The number of rotatable bonds is 16. The number of benzene rings is 4. The topological polar surface area (TPSA) is 403 Å². The van der Waals surface area contributed by atoms with Crippen LogP contribution in [0.2, 0.25) is 5.28 Å². The van der Waals surface area contributed by atoms with Crippen molar-refractivity contribution >= 4 is 109 Å². The highest BCUT2D eigenvalue weighted by molar-refractivity contribution is 7.91. The Kier molecular flexibility index (Phi) is 13.4. The maximum absolute atomic E-state index is 13.6. The van der Waals surface area contributed by atoms with Crippen molar-refractivity contribution in [2.75, 3.05) is 28.7 Å². The van der Waals surface area contributed by atoms with E-state index in [9.17, 15) is 52.4 Å². The van der Waals surface area contributed by atoms with Crippen molar-refractivity contribution in [3.05, 3.63) is 128 Å². The van der Waals surface area contributed by atoms with Gasteiger partial charge in [0.2, 0.25) is 16.9 Å². The van der Waals surface area contributed by atoms with E-state index in [0.29, 0.717) is 10.2 Å². The first-order chi connectivity index (χ1) is 31.9. The number of anilines is 5. The lowest BCUT2D eigenvalue weighted by atomic mass is 10.2. The second kappa shape index (κ2) is 18.7. The van der Waals surface area contributed by atoms with Gasteiger partial charge in [-0.15, -0.1) is 15.3 Å². The highest BCUT2D eigenvalue weighted by atomic mass is 35.5. The van der Waals surface area contributed by atoms with E-state index in [4.69, 9.17) is 21.9 Å². The standard InChI is InChI=1S/C36H30ClN13O14S4/c1-19-29(47-45-23-9-13-25(28(18-23)67(58,59)60)39-20-5-3-2-4-6-20)32(51)50-31(38)30(33(52)49(19)50)48-46-26-17-22(10-14-27(26)66(55,56)57)41-36-43-34(37)42-35(44-36)40-21-7-11-24(12-8-21)65(53,54)16-15-64-68(61,62)63/h2-14,17-18,39H,15-16,38H2,1H3,(H,55,56,57)(H,58,59,60)(H,61,62,63)(H2,40,41,42,43,44). The molecule has 0 radical (unpaired) electrons. The van der Waals surface area contributed by atoms with Crippen LogP contribution in [0.5, 0.6) is 0 Å². The Hall–Kier alpha value is -7.36. The summed E-state index contributed by atoms with van der Waals surface area (Å²) in [5, 5.41) is 20.9. The number of nitrogens with two attached hydrogens (primary N) is 1. The van der Waals surface area contributed by atoms with Crippen molar-refractivity contribution in [1.82, 2.24) is 24.0 Å². The molecule has 7 aromatic rings. The molecule has 0 aliphatic carbocycles. The minimum atomic E-state index is -4.99. The Morgan fingerprint density at radius 1 is 0.721 bits per heavy atom. The number of azo groups is 2. The first-order valence-corrected chi connectivity index (χ1v) is 24.8. The first kappa shape index (κ1) is 48.6. The van der Waals surface area contributed by atoms with Gasteiger partial charge in [-0.25, -0.2) is 22.1 Å². The van der Waals surface area contributed by atoms with Crippen molar-refractivity contribution < 1.29 is 51.5 Å². The predicted molar refractivity (Wildman–Crippen MR) is 240 cm³/mol. The molecule has 68 heavy (non-hydrogen) atoms. The van der Waals surface area contributed by atoms with Crippen molar-refractivity contribution in [2.24, 2.45) is 25.4 Å². The number of nitrogens with one attached hydrogen (secondary N) is 3. The van der Waals surface area contributed by atoms with Gasteiger partial charge in [0.05, 0.1) is 40.0 Å². The van der Waals surface area contributed by atoms with Gasteiger partial charge in [-0.2, -0.15) is 44.9 Å². The molecule has 4 aromatic carbocycles.